The van der Waals surface area contributed by atoms with E-state index < -0.39 is 0 Å². The summed E-state index contributed by atoms with van der Waals surface area (Å²) in [5, 5.41) is 6.31. The molecule has 4 heteroatoms. The summed E-state index contributed by atoms with van der Waals surface area (Å²) in [5.74, 6) is 1.69. The lowest BCUT2D eigenvalue weighted by Gasteiger charge is -2.27. The molecular weight excluding hydrogens is 252 g/mol. The summed E-state index contributed by atoms with van der Waals surface area (Å²) in [7, 11) is 0. The quantitative estimate of drug-likeness (QED) is 0.878. The Morgan fingerprint density at radius 2 is 2.30 bits per heavy atom. The van der Waals surface area contributed by atoms with Crippen LogP contribution in [0.4, 0.5) is 0 Å². The molecule has 4 nitrogen and oxygen atoms in total. The van der Waals surface area contributed by atoms with Crippen molar-refractivity contribution < 1.29 is 9.53 Å². The monoisotopic (exact) mass is 274 g/mol. The van der Waals surface area contributed by atoms with Gasteiger partial charge in [-0.25, -0.2) is 0 Å². The number of fused-ring (bicyclic) bond motifs is 1. The third-order valence-corrected chi connectivity index (χ3v) is 4.20. The number of amides is 1. The molecule has 3 rings (SSSR count). The molecule has 2 aliphatic heterocycles. The highest BCUT2D eigenvalue weighted by Gasteiger charge is 2.27. The number of carbonyl (C=O) groups excluding carboxylic acids is 1. The van der Waals surface area contributed by atoms with Crippen LogP contribution in [-0.4, -0.2) is 31.1 Å². The summed E-state index contributed by atoms with van der Waals surface area (Å²) in [6.45, 7) is 3.72. The molecule has 3 atom stereocenters. The van der Waals surface area contributed by atoms with Crippen LogP contribution in [0.3, 0.4) is 0 Å². The minimum Gasteiger partial charge on any atom is -0.488 e. The molecule has 0 spiro atoms. The number of para-hydroxylation sites is 1. The van der Waals surface area contributed by atoms with Crippen LogP contribution >= 0.6 is 0 Å². The molecule has 0 aromatic heterocycles. The van der Waals surface area contributed by atoms with Gasteiger partial charge < -0.3 is 15.4 Å². The summed E-state index contributed by atoms with van der Waals surface area (Å²) in [6.07, 6.45) is 3.03. The van der Waals surface area contributed by atoms with Crippen molar-refractivity contribution in [3.8, 4) is 5.75 Å². The first kappa shape index (κ1) is 13.4. The molecule has 20 heavy (non-hydrogen) atoms. The number of piperidine rings is 1. The van der Waals surface area contributed by atoms with E-state index in [1.165, 1.54) is 5.56 Å². The molecular formula is C16H22N2O2. The van der Waals surface area contributed by atoms with Crippen molar-refractivity contribution in [2.45, 2.75) is 38.3 Å². The molecule has 108 valence electrons. The zero-order chi connectivity index (χ0) is 13.9. The van der Waals surface area contributed by atoms with Crippen LogP contribution in [-0.2, 0) is 11.2 Å². The molecule has 3 unspecified atom stereocenters. The molecule has 1 aromatic carbocycles. The lowest BCUT2D eigenvalue weighted by Crippen LogP contribution is -2.50. The lowest BCUT2D eigenvalue weighted by molar-refractivity contribution is -0.124. The van der Waals surface area contributed by atoms with Gasteiger partial charge in [0.2, 0.25) is 5.91 Å². The van der Waals surface area contributed by atoms with Crippen LogP contribution in [0.25, 0.3) is 0 Å². The molecule has 1 saturated heterocycles. The van der Waals surface area contributed by atoms with Gasteiger partial charge in [-0.1, -0.05) is 25.1 Å². The molecule has 0 bridgehead atoms. The normalized spacial score (nSPS) is 28.6. The molecule has 1 aromatic rings. The molecule has 2 heterocycles. The highest BCUT2D eigenvalue weighted by molar-refractivity contribution is 5.81. The van der Waals surface area contributed by atoms with Crippen molar-refractivity contribution in [3.05, 3.63) is 29.8 Å². The number of carbonyl (C=O) groups is 1. The Bertz CT molecular complexity index is 464. The maximum atomic E-state index is 12.1. The van der Waals surface area contributed by atoms with E-state index in [0.717, 1.165) is 31.6 Å². The lowest BCUT2D eigenvalue weighted by atomic mass is 9.94. The summed E-state index contributed by atoms with van der Waals surface area (Å²) in [4.78, 5) is 12.1. The maximum absolute atomic E-state index is 12.1. The zero-order valence-electron chi connectivity index (χ0n) is 11.9. The Hall–Kier alpha value is -1.55. The van der Waals surface area contributed by atoms with Crippen LogP contribution in [0.15, 0.2) is 24.3 Å². The smallest absolute Gasteiger partial charge is 0.237 e. The van der Waals surface area contributed by atoms with E-state index in [1.54, 1.807) is 0 Å². The van der Waals surface area contributed by atoms with Crippen molar-refractivity contribution >= 4 is 5.91 Å². The van der Waals surface area contributed by atoms with Gasteiger partial charge in [0.1, 0.15) is 11.9 Å². The molecule has 2 N–H and O–H groups in total. The minimum absolute atomic E-state index is 0.0393. The summed E-state index contributed by atoms with van der Waals surface area (Å²) >= 11 is 0. The number of nitrogens with one attached hydrogen (secondary N) is 2. The van der Waals surface area contributed by atoms with Gasteiger partial charge in [-0.2, -0.15) is 0 Å². The third kappa shape index (κ3) is 2.96. The van der Waals surface area contributed by atoms with Crippen molar-refractivity contribution in [3.63, 3.8) is 0 Å². The van der Waals surface area contributed by atoms with Gasteiger partial charge in [-0.15, -0.1) is 0 Å². The fraction of sp³-hybridized carbons (Fsp3) is 0.562. The van der Waals surface area contributed by atoms with Gasteiger partial charge >= 0.3 is 0 Å². The second-order valence-corrected chi connectivity index (χ2v) is 5.93. The zero-order valence-corrected chi connectivity index (χ0v) is 11.9. The largest absolute Gasteiger partial charge is 0.488 e. The van der Waals surface area contributed by atoms with Crippen LogP contribution in [0, 0.1) is 5.92 Å². The standard InChI is InChI=1S/C16H22N2O2/c1-11-6-7-17-14(8-11)16(19)18-10-13-9-12-4-2-3-5-15(12)20-13/h2-5,11,13-14,17H,6-10H2,1H3,(H,18,19). The molecule has 0 saturated carbocycles. The number of rotatable bonds is 3. The van der Waals surface area contributed by atoms with Gasteiger partial charge in [-0.05, 0) is 36.9 Å². The van der Waals surface area contributed by atoms with E-state index in [4.69, 9.17) is 4.74 Å². The van der Waals surface area contributed by atoms with E-state index in [0.29, 0.717) is 12.5 Å². The first-order valence-electron chi connectivity index (χ1n) is 7.48. The van der Waals surface area contributed by atoms with Crippen LogP contribution in [0.2, 0.25) is 0 Å². The number of hydrogen-bond acceptors (Lipinski definition) is 3. The number of hydrogen-bond donors (Lipinski definition) is 2. The molecule has 1 amide bonds. The third-order valence-electron chi connectivity index (χ3n) is 4.20. The van der Waals surface area contributed by atoms with Gasteiger partial charge in [0.25, 0.3) is 0 Å². The summed E-state index contributed by atoms with van der Waals surface area (Å²) in [6, 6.07) is 8.04. The fourth-order valence-electron chi connectivity index (χ4n) is 3.01. The predicted octanol–water partition coefficient (Wildman–Crippen LogP) is 1.49. The van der Waals surface area contributed by atoms with E-state index in [2.05, 4.69) is 23.6 Å². The first-order valence-corrected chi connectivity index (χ1v) is 7.48. The second-order valence-electron chi connectivity index (χ2n) is 5.93. The van der Waals surface area contributed by atoms with E-state index in [-0.39, 0.29) is 18.1 Å². The highest BCUT2D eigenvalue weighted by atomic mass is 16.5. The van der Waals surface area contributed by atoms with Crippen LogP contribution in [0.5, 0.6) is 5.75 Å². The Kier molecular flexibility index (Phi) is 3.92. The van der Waals surface area contributed by atoms with Crippen molar-refractivity contribution in [2.75, 3.05) is 13.1 Å². The average molecular weight is 274 g/mol. The Balaban J connectivity index is 1.47. The second kappa shape index (κ2) is 5.83. The van der Waals surface area contributed by atoms with Crippen molar-refractivity contribution in [1.29, 1.82) is 0 Å². The van der Waals surface area contributed by atoms with E-state index in [1.807, 2.05) is 18.2 Å². The Morgan fingerprint density at radius 3 is 3.10 bits per heavy atom. The predicted molar refractivity (Wildman–Crippen MR) is 77.8 cm³/mol. The average Bonchev–Trinajstić information content (AvgIpc) is 2.87. The summed E-state index contributed by atoms with van der Waals surface area (Å²) in [5.41, 5.74) is 1.23. The van der Waals surface area contributed by atoms with Crippen molar-refractivity contribution in [2.24, 2.45) is 5.92 Å². The SMILES string of the molecule is CC1CCNC(C(=O)NCC2Cc3ccccc3O2)C1. The molecule has 2 aliphatic rings. The van der Waals surface area contributed by atoms with Gasteiger partial charge in [0, 0.05) is 6.42 Å². The Morgan fingerprint density at radius 1 is 1.45 bits per heavy atom. The number of benzene rings is 1. The fourth-order valence-corrected chi connectivity index (χ4v) is 3.01. The molecule has 1 fully saturated rings. The molecule has 0 radical (unpaired) electrons. The maximum Gasteiger partial charge on any atom is 0.237 e. The van der Waals surface area contributed by atoms with E-state index in [9.17, 15) is 4.79 Å². The molecule has 0 aliphatic carbocycles. The highest BCUT2D eigenvalue weighted by Crippen LogP contribution is 2.27. The van der Waals surface area contributed by atoms with Crippen molar-refractivity contribution in [1.82, 2.24) is 10.6 Å². The van der Waals surface area contributed by atoms with Gasteiger partial charge in [0.05, 0.1) is 12.6 Å². The van der Waals surface area contributed by atoms with Gasteiger partial charge in [0.15, 0.2) is 0 Å². The van der Waals surface area contributed by atoms with Crippen LogP contribution in [0.1, 0.15) is 25.3 Å². The van der Waals surface area contributed by atoms with Gasteiger partial charge in [-0.3, -0.25) is 4.79 Å². The summed E-state index contributed by atoms with van der Waals surface area (Å²) < 4.78 is 5.83. The Labute approximate surface area is 119 Å². The minimum atomic E-state index is -0.0393. The van der Waals surface area contributed by atoms with E-state index >= 15 is 0 Å². The topological polar surface area (TPSA) is 50.4 Å². The van der Waals surface area contributed by atoms with Crippen LogP contribution < -0.4 is 15.4 Å². The number of ether oxygens (including phenoxy) is 1. The first-order chi connectivity index (χ1) is 9.72.